The summed E-state index contributed by atoms with van der Waals surface area (Å²) in [5.41, 5.74) is 1.18. The van der Waals surface area contributed by atoms with Crippen molar-refractivity contribution in [3.63, 3.8) is 0 Å². The van der Waals surface area contributed by atoms with Crippen LogP contribution in [-0.4, -0.2) is 24.7 Å². The lowest BCUT2D eigenvalue weighted by molar-refractivity contribution is -0.125. The monoisotopic (exact) mass is 369 g/mol. The SMILES string of the molecule is CSc1ccc(C(=O)OCC(=O)N[C@H](C)c2cc3ccccc3o2)cc1. The number of thioether (sulfide) groups is 1. The highest BCUT2D eigenvalue weighted by atomic mass is 32.2. The van der Waals surface area contributed by atoms with Crippen molar-refractivity contribution in [1.29, 1.82) is 0 Å². The van der Waals surface area contributed by atoms with E-state index in [1.54, 1.807) is 23.9 Å². The maximum absolute atomic E-state index is 12.0. The highest BCUT2D eigenvalue weighted by molar-refractivity contribution is 7.98. The molecule has 5 nitrogen and oxygen atoms in total. The van der Waals surface area contributed by atoms with Crippen LogP contribution in [-0.2, 0) is 9.53 Å². The number of carbonyl (C=O) groups is 2. The Balaban J connectivity index is 1.53. The van der Waals surface area contributed by atoms with Crippen molar-refractivity contribution in [2.45, 2.75) is 17.9 Å². The lowest BCUT2D eigenvalue weighted by Crippen LogP contribution is -2.31. The van der Waals surface area contributed by atoms with Gasteiger partial charge in [0.05, 0.1) is 11.6 Å². The number of furan rings is 1. The van der Waals surface area contributed by atoms with Crippen molar-refractivity contribution in [1.82, 2.24) is 5.32 Å². The van der Waals surface area contributed by atoms with E-state index in [0.29, 0.717) is 11.3 Å². The van der Waals surface area contributed by atoms with Crippen molar-refractivity contribution >= 4 is 34.6 Å². The highest BCUT2D eigenvalue weighted by Gasteiger charge is 2.16. The van der Waals surface area contributed by atoms with Gasteiger partial charge in [-0.15, -0.1) is 11.8 Å². The van der Waals surface area contributed by atoms with Crippen molar-refractivity contribution < 1.29 is 18.7 Å². The van der Waals surface area contributed by atoms with Crippen LogP contribution in [0, 0.1) is 0 Å². The van der Waals surface area contributed by atoms with Crippen LogP contribution in [0.1, 0.15) is 29.1 Å². The largest absolute Gasteiger partial charge is 0.459 e. The Labute approximate surface area is 155 Å². The van der Waals surface area contributed by atoms with Crippen LogP contribution >= 0.6 is 11.8 Å². The first-order valence-electron chi connectivity index (χ1n) is 8.16. The van der Waals surface area contributed by atoms with Gasteiger partial charge in [0.2, 0.25) is 0 Å². The number of para-hydroxylation sites is 1. The highest BCUT2D eigenvalue weighted by Crippen LogP contribution is 2.23. The molecule has 0 unspecified atom stereocenters. The van der Waals surface area contributed by atoms with Crippen molar-refractivity contribution in [2.24, 2.45) is 0 Å². The molecule has 1 N–H and O–H groups in total. The standard InChI is InChI=1S/C20H19NO4S/c1-13(18-11-15-5-3-4-6-17(15)25-18)21-19(22)12-24-20(23)14-7-9-16(26-2)10-8-14/h3-11,13H,12H2,1-2H3,(H,21,22)/t13-/m1/s1. The number of nitrogens with one attached hydrogen (secondary N) is 1. The van der Waals surface area contributed by atoms with Gasteiger partial charge in [-0.05, 0) is 49.6 Å². The summed E-state index contributed by atoms with van der Waals surface area (Å²) in [5, 5.41) is 3.74. The smallest absolute Gasteiger partial charge is 0.338 e. The van der Waals surface area contributed by atoms with Crippen LogP contribution in [0.25, 0.3) is 11.0 Å². The third kappa shape index (κ3) is 4.26. The zero-order chi connectivity index (χ0) is 18.5. The zero-order valence-electron chi connectivity index (χ0n) is 14.5. The van der Waals surface area contributed by atoms with Crippen LogP contribution in [0.15, 0.2) is 63.9 Å². The molecule has 0 saturated carbocycles. The van der Waals surface area contributed by atoms with E-state index in [1.807, 2.05) is 55.6 Å². The normalized spacial score (nSPS) is 11.9. The molecule has 3 aromatic rings. The van der Waals surface area contributed by atoms with Gasteiger partial charge in [0.1, 0.15) is 11.3 Å². The molecule has 0 spiro atoms. The predicted molar refractivity (Wildman–Crippen MR) is 101 cm³/mol. The van der Waals surface area contributed by atoms with Crippen molar-refractivity contribution in [3.05, 3.63) is 65.9 Å². The van der Waals surface area contributed by atoms with Crippen LogP contribution < -0.4 is 5.32 Å². The number of amides is 1. The number of fused-ring (bicyclic) bond motifs is 1. The molecule has 0 fully saturated rings. The molecule has 0 aliphatic rings. The van der Waals surface area contributed by atoms with Crippen LogP contribution in [0.2, 0.25) is 0 Å². The van der Waals surface area contributed by atoms with E-state index in [2.05, 4.69) is 5.32 Å². The Morgan fingerprint density at radius 1 is 1.15 bits per heavy atom. The van der Waals surface area contributed by atoms with Gasteiger partial charge in [-0.3, -0.25) is 4.79 Å². The molecule has 0 bridgehead atoms. The topological polar surface area (TPSA) is 68.5 Å². The Hall–Kier alpha value is -2.73. The number of esters is 1. The molecule has 1 aromatic heterocycles. The van der Waals surface area contributed by atoms with Crippen molar-refractivity contribution in [3.8, 4) is 0 Å². The number of hydrogen-bond acceptors (Lipinski definition) is 5. The predicted octanol–water partition coefficient (Wildman–Crippen LogP) is 4.19. The minimum absolute atomic E-state index is 0.325. The Kier molecular flexibility index (Phi) is 5.63. The van der Waals surface area contributed by atoms with Crippen LogP contribution in [0.4, 0.5) is 0 Å². The average Bonchev–Trinajstić information content (AvgIpc) is 3.10. The second-order valence-electron chi connectivity index (χ2n) is 5.78. The minimum Gasteiger partial charge on any atom is -0.459 e. The molecule has 1 amide bonds. The summed E-state index contributed by atoms with van der Waals surface area (Å²) in [4.78, 5) is 25.1. The fraction of sp³-hybridized carbons (Fsp3) is 0.200. The van der Waals surface area contributed by atoms with Gasteiger partial charge in [-0.1, -0.05) is 18.2 Å². The third-order valence-electron chi connectivity index (χ3n) is 3.91. The third-order valence-corrected chi connectivity index (χ3v) is 4.65. The molecule has 134 valence electrons. The van der Waals surface area contributed by atoms with Gasteiger partial charge >= 0.3 is 5.97 Å². The molecule has 0 radical (unpaired) electrons. The van der Waals surface area contributed by atoms with Gasteiger partial charge in [0, 0.05) is 10.3 Å². The summed E-state index contributed by atoms with van der Waals surface area (Å²) in [6, 6.07) is 16.2. The minimum atomic E-state index is -0.524. The van der Waals surface area contributed by atoms with Crippen LogP contribution in [0.5, 0.6) is 0 Å². The van der Waals surface area contributed by atoms with Gasteiger partial charge in [-0.25, -0.2) is 4.79 Å². The summed E-state index contributed by atoms with van der Waals surface area (Å²) < 4.78 is 10.8. The maximum atomic E-state index is 12.0. The first-order valence-corrected chi connectivity index (χ1v) is 9.38. The Morgan fingerprint density at radius 2 is 1.88 bits per heavy atom. The molecule has 1 heterocycles. The molecule has 26 heavy (non-hydrogen) atoms. The Morgan fingerprint density at radius 3 is 2.58 bits per heavy atom. The van der Waals surface area contributed by atoms with Gasteiger partial charge in [-0.2, -0.15) is 0 Å². The van der Waals surface area contributed by atoms with E-state index in [0.717, 1.165) is 15.9 Å². The number of carbonyl (C=O) groups excluding carboxylic acids is 2. The average molecular weight is 369 g/mol. The second kappa shape index (κ2) is 8.10. The Bertz CT molecular complexity index is 884. The summed E-state index contributed by atoms with van der Waals surface area (Å²) in [7, 11) is 0. The number of benzene rings is 2. The summed E-state index contributed by atoms with van der Waals surface area (Å²) in [5.74, 6) is -0.255. The van der Waals surface area contributed by atoms with E-state index in [4.69, 9.17) is 9.15 Å². The van der Waals surface area contributed by atoms with Gasteiger partial charge in [0.15, 0.2) is 6.61 Å². The van der Waals surface area contributed by atoms with E-state index >= 15 is 0 Å². The summed E-state index contributed by atoms with van der Waals surface area (Å²) in [6.07, 6.45) is 1.96. The number of hydrogen-bond donors (Lipinski definition) is 1. The molecule has 0 aliphatic heterocycles. The van der Waals surface area contributed by atoms with Gasteiger partial charge < -0.3 is 14.5 Å². The van der Waals surface area contributed by atoms with E-state index in [9.17, 15) is 9.59 Å². The second-order valence-corrected chi connectivity index (χ2v) is 6.66. The van der Waals surface area contributed by atoms with Crippen molar-refractivity contribution in [2.75, 3.05) is 12.9 Å². The molecule has 1 atom stereocenters. The molecule has 6 heteroatoms. The molecular formula is C20H19NO4S. The van der Waals surface area contributed by atoms with E-state index < -0.39 is 5.97 Å². The quantitative estimate of drug-likeness (QED) is 0.521. The van der Waals surface area contributed by atoms with Crippen LogP contribution in [0.3, 0.4) is 0 Å². The zero-order valence-corrected chi connectivity index (χ0v) is 15.3. The van der Waals surface area contributed by atoms with E-state index in [1.165, 1.54) is 0 Å². The molecule has 0 saturated heterocycles. The summed E-state index contributed by atoms with van der Waals surface area (Å²) >= 11 is 1.59. The fourth-order valence-electron chi connectivity index (χ4n) is 2.51. The van der Waals surface area contributed by atoms with Gasteiger partial charge in [0.25, 0.3) is 5.91 Å². The lowest BCUT2D eigenvalue weighted by atomic mass is 10.2. The molecule has 0 aliphatic carbocycles. The molecular weight excluding hydrogens is 350 g/mol. The molecule has 3 rings (SSSR count). The summed E-state index contributed by atoms with van der Waals surface area (Å²) in [6.45, 7) is 1.48. The number of ether oxygens (including phenoxy) is 1. The van der Waals surface area contributed by atoms with E-state index in [-0.39, 0.29) is 18.6 Å². The fourth-order valence-corrected chi connectivity index (χ4v) is 2.92. The first kappa shape index (κ1) is 18.1. The number of rotatable bonds is 6. The molecule has 2 aromatic carbocycles. The lowest BCUT2D eigenvalue weighted by Gasteiger charge is -2.11. The maximum Gasteiger partial charge on any atom is 0.338 e. The first-order chi connectivity index (χ1) is 12.6.